The Morgan fingerprint density at radius 3 is 2.72 bits per heavy atom. The smallest absolute Gasteiger partial charge is 0.123 e. The van der Waals surface area contributed by atoms with Crippen LogP contribution in [-0.4, -0.2) is 9.78 Å². The molecule has 0 aliphatic carbocycles. The Morgan fingerprint density at radius 1 is 1.33 bits per heavy atom. The monoisotopic (exact) mass is 244 g/mol. The topological polar surface area (TPSA) is 27.1 Å². The van der Waals surface area contributed by atoms with Gasteiger partial charge in [-0.05, 0) is 30.0 Å². The van der Waals surface area contributed by atoms with E-state index in [1.165, 1.54) is 11.1 Å². The summed E-state index contributed by atoms with van der Waals surface area (Å²) in [6, 6.07) is 6.42. The number of ether oxygens (including phenoxy) is 1. The lowest BCUT2D eigenvalue weighted by molar-refractivity contribution is 0.303. The molecule has 3 heteroatoms. The fourth-order valence-corrected chi connectivity index (χ4v) is 1.84. The third kappa shape index (κ3) is 2.92. The Hall–Kier alpha value is -1.77. The van der Waals surface area contributed by atoms with E-state index in [1.54, 1.807) is 4.68 Å². The van der Waals surface area contributed by atoms with Crippen molar-refractivity contribution < 1.29 is 4.74 Å². The highest BCUT2D eigenvalue weighted by atomic mass is 16.5. The minimum atomic E-state index is 0.520. The molecule has 1 aromatic heterocycles. The van der Waals surface area contributed by atoms with Gasteiger partial charge in [0.25, 0.3) is 0 Å². The van der Waals surface area contributed by atoms with E-state index in [-0.39, 0.29) is 0 Å². The summed E-state index contributed by atoms with van der Waals surface area (Å²) in [4.78, 5) is 0. The molecular weight excluding hydrogens is 224 g/mol. The van der Waals surface area contributed by atoms with Crippen molar-refractivity contribution >= 4 is 0 Å². The first-order chi connectivity index (χ1) is 8.56. The van der Waals surface area contributed by atoms with Gasteiger partial charge in [-0.25, -0.2) is 0 Å². The van der Waals surface area contributed by atoms with Gasteiger partial charge < -0.3 is 4.74 Å². The largest absolute Gasteiger partial charge is 0.489 e. The van der Waals surface area contributed by atoms with Crippen molar-refractivity contribution in [3.8, 4) is 5.75 Å². The van der Waals surface area contributed by atoms with Crippen molar-refractivity contribution in [3.63, 3.8) is 0 Å². The second-order valence-electron chi connectivity index (χ2n) is 4.99. The van der Waals surface area contributed by atoms with E-state index in [1.807, 2.05) is 19.4 Å². The molecule has 0 saturated carbocycles. The molecule has 0 radical (unpaired) electrons. The van der Waals surface area contributed by atoms with Gasteiger partial charge in [0.1, 0.15) is 12.4 Å². The van der Waals surface area contributed by atoms with Gasteiger partial charge in [-0.1, -0.05) is 26.0 Å². The van der Waals surface area contributed by atoms with Crippen LogP contribution in [0, 0.1) is 6.92 Å². The van der Waals surface area contributed by atoms with E-state index in [9.17, 15) is 0 Å². The summed E-state index contributed by atoms with van der Waals surface area (Å²) in [7, 11) is 1.91. The normalized spacial score (nSPS) is 10.9. The van der Waals surface area contributed by atoms with Crippen LogP contribution in [0.4, 0.5) is 0 Å². The Labute approximate surface area is 108 Å². The molecule has 1 heterocycles. The summed E-state index contributed by atoms with van der Waals surface area (Å²) < 4.78 is 7.66. The van der Waals surface area contributed by atoms with Gasteiger partial charge in [0.05, 0.1) is 6.20 Å². The highest BCUT2D eigenvalue weighted by Crippen LogP contribution is 2.24. The summed E-state index contributed by atoms with van der Waals surface area (Å²) in [5, 5.41) is 4.13. The van der Waals surface area contributed by atoms with Crippen LogP contribution in [0.3, 0.4) is 0 Å². The molecule has 0 aliphatic rings. The minimum Gasteiger partial charge on any atom is -0.489 e. The van der Waals surface area contributed by atoms with Gasteiger partial charge in [-0.15, -0.1) is 0 Å². The van der Waals surface area contributed by atoms with Crippen LogP contribution in [0.2, 0.25) is 0 Å². The summed E-state index contributed by atoms with van der Waals surface area (Å²) >= 11 is 0. The summed E-state index contributed by atoms with van der Waals surface area (Å²) in [6.07, 6.45) is 3.81. The van der Waals surface area contributed by atoms with Crippen molar-refractivity contribution in [2.24, 2.45) is 7.05 Å². The zero-order chi connectivity index (χ0) is 13.1. The van der Waals surface area contributed by atoms with Crippen LogP contribution in [0.5, 0.6) is 5.75 Å². The maximum Gasteiger partial charge on any atom is 0.123 e. The van der Waals surface area contributed by atoms with Gasteiger partial charge in [0.15, 0.2) is 0 Å². The molecule has 0 fully saturated rings. The highest BCUT2D eigenvalue weighted by Gasteiger charge is 2.05. The number of hydrogen-bond donors (Lipinski definition) is 0. The molecule has 1 aromatic carbocycles. The van der Waals surface area contributed by atoms with Crippen molar-refractivity contribution in [1.29, 1.82) is 0 Å². The Balaban J connectivity index is 2.10. The van der Waals surface area contributed by atoms with Crippen molar-refractivity contribution in [3.05, 3.63) is 47.3 Å². The van der Waals surface area contributed by atoms with Gasteiger partial charge in [0, 0.05) is 18.8 Å². The lowest BCUT2D eigenvalue weighted by Crippen LogP contribution is -1.98. The molecule has 0 unspecified atom stereocenters. The maximum absolute atomic E-state index is 5.87. The first kappa shape index (κ1) is 12.7. The van der Waals surface area contributed by atoms with E-state index >= 15 is 0 Å². The number of rotatable bonds is 4. The zero-order valence-electron chi connectivity index (χ0n) is 11.5. The fourth-order valence-electron chi connectivity index (χ4n) is 1.84. The van der Waals surface area contributed by atoms with Crippen LogP contribution in [0.25, 0.3) is 0 Å². The van der Waals surface area contributed by atoms with Crippen LogP contribution in [-0.2, 0) is 13.7 Å². The second-order valence-corrected chi connectivity index (χ2v) is 4.99. The van der Waals surface area contributed by atoms with E-state index < -0.39 is 0 Å². The number of aromatic nitrogens is 2. The molecular formula is C15H20N2O. The molecule has 0 spiro atoms. The molecule has 0 saturated heterocycles. The van der Waals surface area contributed by atoms with Crippen LogP contribution >= 0.6 is 0 Å². The molecule has 96 valence electrons. The molecule has 3 nitrogen and oxygen atoms in total. The molecule has 2 rings (SSSR count). The molecule has 2 aromatic rings. The van der Waals surface area contributed by atoms with Gasteiger partial charge in [-0.3, -0.25) is 4.68 Å². The molecule has 18 heavy (non-hydrogen) atoms. The molecule has 0 aliphatic heterocycles. The maximum atomic E-state index is 5.87. The van der Waals surface area contributed by atoms with Crippen molar-refractivity contribution in [2.45, 2.75) is 33.3 Å². The third-order valence-corrected chi connectivity index (χ3v) is 3.03. The van der Waals surface area contributed by atoms with E-state index in [0.29, 0.717) is 12.5 Å². The first-order valence-corrected chi connectivity index (χ1v) is 6.27. The first-order valence-electron chi connectivity index (χ1n) is 6.27. The second kappa shape index (κ2) is 5.25. The van der Waals surface area contributed by atoms with Crippen LogP contribution in [0.1, 0.15) is 36.5 Å². The SMILES string of the molecule is Cc1ccc(C(C)C)cc1OCc1cnn(C)c1. The summed E-state index contributed by atoms with van der Waals surface area (Å²) in [5.74, 6) is 1.48. The Bertz CT molecular complexity index is 529. The average Bonchev–Trinajstić information content (AvgIpc) is 2.74. The third-order valence-electron chi connectivity index (χ3n) is 3.03. The minimum absolute atomic E-state index is 0.520. The van der Waals surface area contributed by atoms with Gasteiger partial charge in [0.2, 0.25) is 0 Å². The number of hydrogen-bond acceptors (Lipinski definition) is 2. The molecule has 0 N–H and O–H groups in total. The van der Waals surface area contributed by atoms with E-state index in [4.69, 9.17) is 4.74 Å². The highest BCUT2D eigenvalue weighted by molar-refractivity contribution is 5.37. The van der Waals surface area contributed by atoms with Gasteiger partial charge >= 0.3 is 0 Å². The molecule has 0 bridgehead atoms. The predicted molar refractivity (Wildman–Crippen MR) is 72.8 cm³/mol. The quantitative estimate of drug-likeness (QED) is 0.824. The summed E-state index contributed by atoms with van der Waals surface area (Å²) in [6.45, 7) is 7.02. The van der Waals surface area contributed by atoms with Crippen molar-refractivity contribution in [2.75, 3.05) is 0 Å². The predicted octanol–water partition coefficient (Wildman–Crippen LogP) is 3.43. The van der Waals surface area contributed by atoms with E-state index in [0.717, 1.165) is 11.3 Å². The van der Waals surface area contributed by atoms with Gasteiger partial charge in [-0.2, -0.15) is 5.10 Å². The Morgan fingerprint density at radius 2 is 2.11 bits per heavy atom. The van der Waals surface area contributed by atoms with Crippen LogP contribution in [0.15, 0.2) is 30.6 Å². The van der Waals surface area contributed by atoms with Crippen LogP contribution < -0.4 is 4.74 Å². The average molecular weight is 244 g/mol. The lowest BCUT2D eigenvalue weighted by Gasteiger charge is -2.12. The molecule has 0 atom stereocenters. The molecule has 0 amide bonds. The van der Waals surface area contributed by atoms with Crippen molar-refractivity contribution in [1.82, 2.24) is 9.78 Å². The number of aryl methyl sites for hydroxylation is 2. The number of nitrogens with zero attached hydrogens (tertiary/aromatic N) is 2. The standard InChI is InChI=1S/C15H20N2O/c1-11(2)14-6-5-12(3)15(7-14)18-10-13-8-16-17(4)9-13/h5-9,11H,10H2,1-4H3. The zero-order valence-corrected chi connectivity index (χ0v) is 11.5. The fraction of sp³-hybridized carbons (Fsp3) is 0.400. The van der Waals surface area contributed by atoms with E-state index in [2.05, 4.69) is 44.1 Å². The Kier molecular flexibility index (Phi) is 3.70. The number of benzene rings is 1. The lowest BCUT2D eigenvalue weighted by atomic mass is 10.0. The summed E-state index contributed by atoms with van der Waals surface area (Å²) in [5.41, 5.74) is 3.57.